The molecule has 0 unspecified atom stereocenters. The molecule has 2 heteroatoms. The molecule has 0 bridgehead atoms. The van der Waals surface area contributed by atoms with Crippen LogP contribution in [0.15, 0.2) is 249 Å². The summed E-state index contributed by atoms with van der Waals surface area (Å²) >= 11 is 1.86. The van der Waals surface area contributed by atoms with Crippen LogP contribution in [0, 0.1) is 0 Å². The summed E-state index contributed by atoms with van der Waals surface area (Å²) in [5.41, 5.74) is 15.4. The fraction of sp³-hybridized carbons (Fsp3) is 0. The van der Waals surface area contributed by atoms with Crippen molar-refractivity contribution >= 4 is 70.1 Å². The molecule has 12 aromatic rings. The predicted molar refractivity (Wildman–Crippen MR) is 276 cm³/mol. The van der Waals surface area contributed by atoms with Crippen molar-refractivity contribution < 1.29 is 0 Å². The highest BCUT2D eigenvalue weighted by molar-refractivity contribution is 7.25. The van der Waals surface area contributed by atoms with E-state index in [2.05, 4.69) is 254 Å². The Morgan fingerprint density at radius 1 is 0.250 bits per heavy atom. The maximum atomic E-state index is 2.42. The Hall–Kier alpha value is -8.04. The van der Waals surface area contributed by atoms with Crippen molar-refractivity contribution in [1.29, 1.82) is 0 Å². The lowest BCUT2D eigenvalue weighted by Gasteiger charge is -2.28. The van der Waals surface area contributed by atoms with Gasteiger partial charge in [0.1, 0.15) is 0 Å². The Labute approximate surface area is 377 Å². The molecule has 1 aromatic heterocycles. The van der Waals surface area contributed by atoms with Crippen molar-refractivity contribution in [2.45, 2.75) is 0 Å². The number of benzene rings is 11. The van der Waals surface area contributed by atoms with E-state index in [9.17, 15) is 0 Å². The quantitative estimate of drug-likeness (QED) is 0.147. The second kappa shape index (κ2) is 16.0. The van der Waals surface area contributed by atoms with Gasteiger partial charge in [-0.25, -0.2) is 0 Å². The minimum absolute atomic E-state index is 1.10. The van der Waals surface area contributed by atoms with E-state index in [4.69, 9.17) is 0 Å². The van der Waals surface area contributed by atoms with Crippen LogP contribution in [0.25, 0.3) is 97.4 Å². The summed E-state index contributed by atoms with van der Waals surface area (Å²) in [7, 11) is 0. The fourth-order valence-electron chi connectivity index (χ4n) is 9.57. The number of thiophene rings is 1. The van der Waals surface area contributed by atoms with E-state index in [1.165, 1.54) is 97.4 Å². The summed E-state index contributed by atoms with van der Waals surface area (Å²) in [4.78, 5) is 2.42. The molecule has 0 fully saturated rings. The van der Waals surface area contributed by atoms with Crippen LogP contribution in [0.1, 0.15) is 0 Å². The molecule has 1 heterocycles. The van der Waals surface area contributed by atoms with Gasteiger partial charge in [0.05, 0.1) is 5.69 Å². The van der Waals surface area contributed by atoms with Gasteiger partial charge in [0.15, 0.2) is 0 Å². The third kappa shape index (κ3) is 6.73. The molecular formula is C62H41NS. The number of anilines is 3. The molecule has 1 nitrogen and oxygen atoms in total. The second-order valence-electron chi connectivity index (χ2n) is 16.4. The summed E-state index contributed by atoms with van der Waals surface area (Å²) in [6.07, 6.45) is 0. The molecule has 0 radical (unpaired) electrons. The van der Waals surface area contributed by atoms with Gasteiger partial charge in [-0.05, 0) is 114 Å². The van der Waals surface area contributed by atoms with E-state index < -0.39 is 0 Å². The van der Waals surface area contributed by atoms with Crippen LogP contribution in [0.4, 0.5) is 17.1 Å². The van der Waals surface area contributed by atoms with Crippen molar-refractivity contribution in [3.8, 4) is 55.6 Å². The van der Waals surface area contributed by atoms with E-state index in [0.717, 1.165) is 17.1 Å². The number of fused-ring (bicyclic) bond motifs is 5. The Bertz CT molecular complexity index is 3460. The summed E-state index contributed by atoms with van der Waals surface area (Å²) < 4.78 is 2.60. The first kappa shape index (κ1) is 37.7. The molecule has 0 saturated heterocycles. The Balaban J connectivity index is 0.929. The fourth-order valence-corrected chi connectivity index (χ4v) is 10.7. The van der Waals surface area contributed by atoms with E-state index in [-0.39, 0.29) is 0 Å². The molecule has 0 atom stereocenters. The molecule has 0 spiro atoms. The van der Waals surface area contributed by atoms with Gasteiger partial charge in [-0.2, -0.15) is 0 Å². The zero-order valence-electron chi connectivity index (χ0n) is 35.0. The normalized spacial score (nSPS) is 11.4. The van der Waals surface area contributed by atoms with E-state index in [1.807, 2.05) is 11.3 Å². The summed E-state index contributed by atoms with van der Waals surface area (Å²) in [5.74, 6) is 0. The van der Waals surface area contributed by atoms with Crippen molar-refractivity contribution in [3.63, 3.8) is 0 Å². The monoisotopic (exact) mass is 831 g/mol. The molecule has 0 aliphatic heterocycles. The first-order valence-electron chi connectivity index (χ1n) is 21.9. The van der Waals surface area contributed by atoms with E-state index >= 15 is 0 Å². The average Bonchev–Trinajstić information content (AvgIpc) is 3.76. The lowest BCUT2D eigenvalue weighted by Crippen LogP contribution is -2.11. The lowest BCUT2D eigenvalue weighted by molar-refractivity contribution is 1.28. The zero-order chi connectivity index (χ0) is 42.4. The molecule has 0 aliphatic rings. The highest BCUT2D eigenvalue weighted by atomic mass is 32.1. The summed E-state index contributed by atoms with van der Waals surface area (Å²) in [5, 5.41) is 7.66. The van der Waals surface area contributed by atoms with E-state index in [0.29, 0.717) is 0 Å². The molecule has 0 N–H and O–H groups in total. The Kier molecular flexibility index (Phi) is 9.43. The van der Waals surface area contributed by atoms with Gasteiger partial charge in [-0.1, -0.05) is 206 Å². The first-order chi connectivity index (χ1) is 31.7. The third-order valence-corrected chi connectivity index (χ3v) is 13.9. The molecule has 300 valence electrons. The topological polar surface area (TPSA) is 3.24 Å². The van der Waals surface area contributed by atoms with Crippen molar-refractivity contribution in [3.05, 3.63) is 249 Å². The Morgan fingerprint density at radius 3 is 1.19 bits per heavy atom. The maximum Gasteiger partial charge on any atom is 0.0540 e. The van der Waals surface area contributed by atoms with Crippen LogP contribution in [-0.2, 0) is 0 Å². The maximum absolute atomic E-state index is 2.42. The van der Waals surface area contributed by atoms with Crippen LogP contribution in [0.3, 0.4) is 0 Å². The number of hydrogen-bond acceptors (Lipinski definition) is 2. The van der Waals surface area contributed by atoms with Gasteiger partial charge in [0.25, 0.3) is 0 Å². The third-order valence-electron chi connectivity index (χ3n) is 12.7. The number of para-hydroxylation sites is 1. The molecular weight excluding hydrogens is 791 g/mol. The molecule has 11 aromatic carbocycles. The highest BCUT2D eigenvalue weighted by Crippen LogP contribution is 2.46. The molecule has 0 aliphatic carbocycles. The number of nitrogens with zero attached hydrogens (tertiary/aromatic N) is 1. The SMILES string of the molecule is c1ccc(N(c2ccc(-c3ccc(-c4cccc5ccccc45)cc3)cc2)c2ccc(-c3ccc(-c4cccc5ccccc45)cc3)cc2)c(-c2cccc3sc4ccccc4c23)c1. The van der Waals surface area contributed by atoms with Gasteiger partial charge in [0, 0.05) is 37.1 Å². The zero-order valence-corrected chi connectivity index (χ0v) is 35.8. The van der Waals surface area contributed by atoms with E-state index in [1.54, 1.807) is 0 Å². The van der Waals surface area contributed by atoms with Crippen LogP contribution in [0.2, 0.25) is 0 Å². The van der Waals surface area contributed by atoms with Gasteiger partial charge in [0.2, 0.25) is 0 Å². The van der Waals surface area contributed by atoms with Crippen LogP contribution in [0.5, 0.6) is 0 Å². The number of rotatable bonds is 8. The summed E-state index contributed by atoms with van der Waals surface area (Å²) in [6, 6.07) is 90.9. The number of hydrogen-bond donors (Lipinski definition) is 0. The molecule has 0 amide bonds. The smallest absolute Gasteiger partial charge is 0.0540 e. The lowest BCUT2D eigenvalue weighted by atomic mass is 9.95. The minimum Gasteiger partial charge on any atom is -0.310 e. The first-order valence-corrected chi connectivity index (χ1v) is 22.7. The highest BCUT2D eigenvalue weighted by Gasteiger charge is 2.20. The average molecular weight is 832 g/mol. The molecule has 12 rings (SSSR count). The van der Waals surface area contributed by atoms with Gasteiger partial charge >= 0.3 is 0 Å². The largest absolute Gasteiger partial charge is 0.310 e. The van der Waals surface area contributed by atoms with Crippen LogP contribution >= 0.6 is 11.3 Å². The van der Waals surface area contributed by atoms with Gasteiger partial charge < -0.3 is 4.90 Å². The standard InChI is InChI=1S/C62H41NS/c1-3-16-52-46(12-1)14-9-20-54(52)48-30-26-42(27-31-48)44-34-38-50(39-35-44)63(59-23-7-5-18-56(59)57-22-11-25-61-62(57)58-19-6-8-24-60(58)64-61)51-40-36-45(37-41-51)43-28-32-49(33-29-43)55-21-10-15-47-13-2-4-17-53(47)55/h1-41H. The van der Waals surface area contributed by atoms with Crippen molar-refractivity contribution in [2.75, 3.05) is 4.90 Å². The predicted octanol–water partition coefficient (Wildman–Crippen LogP) is 18.2. The van der Waals surface area contributed by atoms with Gasteiger partial charge in [-0.15, -0.1) is 11.3 Å². The second-order valence-corrected chi connectivity index (χ2v) is 17.5. The minimum atomic E-state index is 1.10. The van der Waals surface area contributed by atoms with Gasteiger partial charge in [-0.3, -0.25) is 0 Å². The van der Waals surface area contributed by atoms with Crippen LogP contribution < -0.4 is 4.90 Å². The molecule has 0 saturated carbocycles. The van der Waals surface area contributed by atoms with Crippen molar-refractivity contribution in [2.24, 2.45) is 0 Å². The van der Waals surface area contributed by atoms with Crippen LogP contribution in [-0.4, -0.2) is 0 Å². The Morgan fingerprint density at radius 2 is 0.625 bits per heavy atom. The van der Waals surface area contributed by atoms with Crippen molar-refractivity contribution in [1.82, 2.24) is 0 Å². The molecule has 64 heavy (non-hydrogen) atoms. The summed E-state index contributed by atoms with van der Waals surface area (Å²) in [6.45, 7) is 0.